The van der Waals surface area contributed by atoms with E-state index in [1.807, 2.05) is 12.1 Å². The zero-order valence-electron chi connectivity index (χ0n) is 10.9. The van der Waals surface area contributed by atoms with Gasteiger partial charge in [0.25, 0.3) is 0 Å². The van der Waals surface area contributed by atoms with Crippen molar-refractivity contribution in [3.8, 4) is 5.75 Å². The number of hydrogen-bond donors (Lipinski definition) is 1. The predicted molar refractivity (Wildman–Crippen MR) is 71.0 cm³/mol. The highest BCUT2D eigenvalue weighted by atomic mass is 16.5. The first-order chi connectivity index (χ1) is 8.20. The second-order valence-electron chi connectivity index (χ2n) is 5.32. The summed E-state index contributed by atoms with van der Waals surface area (Å²) >= 11 is 0. The molecule has 0 heterocycles. The third kappa shape index (κ3) is 3.01. The quantitative estimate of drug-likeness (QED) is 0.867. The van der Waals surface area contributed by atoms with Crippen LogP contribution in [-0.4, -0.2) is 7.11 Å². The molecule has 1 saturated carbocycles. The number of nitrogens with two attached hydrogens (primary N) is 1. The second-order valence-corrected chi connectivity index (χ2v) is 5.32. The van der Waals surface area contributed by atoms with Crippen LogP contribution in [0.25, 0.3) is 0 Å². The van der Waals surface area contributed by atoms with Gasteiger partial charge in [0.05, 0.1) is 7.11 Å². The van der Waals surface area contributed by atoms with Gasteiger partial charge in [-0.1, -0.05) is 31.9 Å². The molecule has 2 rings (SSSR count). The van der Waals surface area contributed by atoms with Gasteiger partial charge in [-0.15, -0.1) is 0 Å². The van der Waals surface area contributed by atoms with E-state index in [1.54, 1.807) is 7.11 Å². The molecule has 0 amide bonds. The van der Waals surface area contributed by atoms with E-state index in [1.165, 1.54) is 31.2 Å². The van der Waals surface area contributed by atoms with Crippen molar-refractivity contribution >= 4 is 0 Å². The van der Waals surface area contributed by atoms with Gasteiger partial charge in [0.15, 0.2) is 0 Å². The van der Waals surface area contributed by atoms with Crippen LogP contribution in [0, 0.1) is 11.8 Å². The third-order valence-electron chi connectivity index (χ3n) is 4.05. The van der Waals surface area contributed by atoms with E-state index < -0.39 is 0 Å². The van der Waals surface area contributed by atoms with E-state index in [-0.39, 0.29) is 6.04 Å². The molecule has 0 aliphatic heterocycles. The molecule has 2 N–H and O–H groups in total. The molecule has 17 heavy (non-hydrogen) atoms. The number of hydrogen-bond acceptors (Lipinski definition) is 2. The highest BCUT2D eigenvalue weighted by Crippen LogP contribution is 2.36. The summed E-state index contributed by atoms with van der Waals surface area (Å²) in [5, 5.41) is 0. The van der Waals surface area contributed by atoms with Crippen molar-refractivity contribution in [2.45, 2.75) is 38.6 Å². The molecule has 1 fully saturated rings. The molecule has 0 radical (unpaired) electrons. The molecule has 1 aromatic rings. The van der Waals surface area contributed by atoms with Gasteiger partial charge >= 0.3 is 0 Å². The van der Waals surface area contributed by atoms with Gasteiger partial charge in [0.2, 0.25) is 0 Å². The first kappa shape index (κ1) is 12.4. The van der Waals surface area contributed by atoms with Crippen LogP contribution in [0.5, 0.6) is 5.75 Å². The summed E-state index contributed by atoms with van der Waals surface area (Å²) in [4.78, 5) is 0. The van der Waals surface area contributed by atoms with E-state index in [0.29, 0.717) is 5.92 Å². The standard InChI is InChI=1S/C15H23NO/c1-11-6-8-12(9-7-11)15(16)13-4-3-5-14(10-13)17-2/h3-5,10-12,15H,6-9,16H2,1-2H3. The van der Waals surface area contributed by atoms with E-state index in [2.05, 4.69) is 19.1 Å². The number of rotatable bonds is 3. The SMILES string of the molecule is COc1cccc(C(N)C2CCC(C)CC2)c1. The normalized spacial score (nSPS) is 26.5. The largest absolute Gasteiger partial charge is 0.497 e. The molecule has 1 aliphatic rings. The third-order valence-corrected chi connectivity index (χ3v) is 4.05. The van der Waals surface area contributed by atoms with Gasteiger partial charge in [0, 0.05) is 6.04 Å². The molecule has 1 atom stereocenters. The Hall–Kier alpha value is -1.02. The van der Waals surface area contributed by atoms with Crippen molar-refractivity contribution < 1.29 is 4.74 Å². The molecule has 94 valence electrons. The number of benzene rings is 1. The molecule has 0 aromatic heterocycles. The zero-order chi connectivity index (χ0) is 12.3. The van der Waals surface area contributed by atoms with Crippen LogP contribution in [0.2, 0.25) is 0 Å². The monoisotopic (exact) mass is 233 g/mol. The van der Waals surface area contributed by atoms with E-state index in [4.69, 9.17) is 10.5 Å². The van der Waals surface area contributed by atoms with Gasteiger partial charge in [-0.05, 0) is 42.4 Å². The summed E-state index contributed by atoms with van der Waals surface area (Å²) in [6.45, 7) is 2.34. The predicted octanol–water partition coefficient (Wildman–Crippen LogP) is 3.52. The van der Waals surface area contributed by atoms with E-state index in [9.17, 15) is 0 Å². The fraction of sp³-hybridized carbons (Fsp3) is 0.600. The lowest BCUT2D eigenvalue weighted by molar-refractivity contribution is 0.256. The van der Waals surface area contributed by atoms with Crippen LogP contribution in [0.4, 0.5) is 0 Å². The minimum atomic E-state index is 0.164. The van der Waals surface area contributed by atoms with E-state index in [0.717, 1.165) is 11.7 Å². The summed E-state index contributed by atoms with van der Waals surface area (Å²) in [7, 11) is 1.70. The maximum atomic E-state index is 6.38. The lowest BCUT2D eigenvalue weighted by Gasteiger charge is -2.30. The average molecular weight is 233 g/mol. The van der Waals surface area contributed by atoms with Crippen LogP contribution < -0.4 is 10.5 Å². The van der Waals surface area contributed by atoms with Gasteiger partial charge < -0.3 is 10.5 Å². The molecular formula is C15H23NO. The molecule has 1 unspecified atom stereocenters. The molecule has 0 spiro atoms. The van der Waals surface area contributed by atoms with Crippen molar-refractivity contribution in [2.24, 2.45) is 17.6 Å². The van der Waals surface area contributed by atoms with Crippen LogP contribution in [0.3, 0.4) is 0 Å². The van der Waals surface area contributed by atoms with Crippen molar-refractivity contribution in [2.75, 3.05) is 7.11 Å². The van der Waals surface area contributed by atoms with Crippen LogP contribution in [0.15, 0.2) is 24.3 Å². The summed E-state index contributed by atoms with van der Waals surface area (Å²) in [6, 6.07) is 8.35. The van der Waals surface area contributed by atoms with Crippen molar-refractivity contribution in [1.82, 2.24) is 0 Å². The molecule has 0 saturated heterocycles. The first-order valence-electron chi connectivity index (χ1n) is 6.60. The summed E-state index contributed by atoms with van der Waals surface area (Å²) in [6.07, 6.45) is 5.17. The average Bonchev–Trinajstić information content (AvgIpc) is 2.39. The van der Waals surface area contributed by atoms with Crippen molar-refractivity contribution in [3.05, 3.63) is 29.8 Å². The van der Waals surface area contributed by atoms with Crippen LogP contribution >= 0.6 is 0 Å². The van der Waals surface area contributed by atoms with Gasteiger partial charge in [-0.3, -0.25) is 0 Å². The molecule has 1 aromatic carbocycles. The lowest BCUT2D eigenvalue weighted by atomic mass is 9.78. The smallest absolute Gasteiger partial charge is 0.119 e. The lowest BCUT2D eigenvalue weighted by Crippen LogP contribution is -2.25. The molecule has 1 aliphatic carbocycles. The summed E-state index contributed by atoms with van der Waals surface area (Å²) in [5.74, 6) is 2.42. The maximum absolute atomic E-state index is 6.38. The molecular weight excluding hydrogens is 210 g/mol. The minimum absolute atomic E-state index is 0.164. The summed E-state index contributed by atoms with van der Waals surface area (Å²) < 4.78 is 5.25. The minimum Gasteiger partial charge on any atom is -0.497 e. The Morgan fingerprint density at radius 2 is 1.94 bits per heavy atom. The Bertz CT molecular complexity index is 356. The zero-order valence-corrected chi connectivity index (χ0v) is 10.9. The number of ether oxygens (including phenoxy) is 1. The molecule has 2 nitrogen and oxygen atoms in total. The van der Waals surface area contributed by atoms with Crippen molar-refractivity contribution in [3.63, 3.8) is 0 Å². The fourth-order valence-corrected chi connectivity index (χ4v) is 2.77. The van der Waals surface area contributed by atoms with Gasteiger partial charge in [0.1, 0.15) is 5.75 Å². The van der Waals surface area contributed by atoms with E-state index >= 15 is 0 Å². The molecule has 0 bridgehead atoms. The molecule has 2 heteroatoms. The van der Waals surface area contributed by atoms with Crippen LogP contribution in [0.1, 0.15) is 44.2 Å². The Labute approximate surface area is 104 Å². The van der Waals surface area contributed by atoms with Gasteiger partial charge in [-0.2, -0.15) is 0 Å². The van der Waals surface area contributed by atoms with Crippen LogP contribution in [-0.2, 0) is 0 Å². The highest BCUT2D eigenvalue weighted by Gasteiger charge is 2.24. The second kappa shape index (κ2) is 5.54. The Kier molecular flexibility index (Phi) is 4.06. The van der Waals surface area contributed by atoms with Gasteiger partial charge in [-0.25, -0.2) is 0 Å². The Morgan fingerprint density at radius 1 is 1.24 bits per heavy atom. The first-order valence-corrected chi connectivity index (χ1v) is 6.60. The Balaban J connectivity index is 2.05. The summed E-state index contributed by atoms with van der Waals surface area (Å²) in [5.41, 5.74) is 7.60. The maximum Gasteiger partial charge on any atom is 0.119 e. The topological polar surface area (TPSA) is 35.2 Å². The number of methoxy groups -OCH3 is 1. The van der Waals surface area contributed by atoms with Crippen molar-refractivity contribution in [1.29, 1.82) is 0 Å². The fourth-order valence-electron chi connectivity index (χ4n) is 2.77. The highest BCUT2D eigenvalue weighted by molar-refractivity contribution is 5.30. The Morgan fingerprint density at radius 3 is 2.59 bits per heavy atom.